The van der Waals surface area contributed by atoms with E-state index in [1.165, 1.54) is 0 Å². The quantitative estimate of drug-likeness (QED) is 0.773. The molecule has 0 aromatic heterocycles. The first-order valence-corrected chi connectivity index (χ1v) is 10.1. The number of carbonyl (C=O) groups is 2. The fourth-order valence-corrected chi connectivity index (χ4v) is 4.25. The molecule has 0 bridgehead atoms. The first kappa shape index (κ1) is 20.6. The van der Waals surface area contributed by atoms with Crippen molar-refractivity contribution >= 4 is 11.9 Å². The Morgan fingerprint density at radius 3 is 2.64 bits per heavy atom. The van der Waals surface area contributed by atoms with Crippen LogP contribution in [0.4, 0.5) is 4.79 Å². The molecule has 2 saturated heterocycles. The van der Waals surface area contributed by atoms with E-state index in [0.29, 0.717) is 45.6 Å². The van der Waals surface area contributed by atoms with E-state index in [0.717, 1.165) is 30.5 Å². The molecule has 0 aliphatic carbocycles. The highest BCUT2D eigenvalue weighted by atomic mass is 16.3. The molecule has 3 rings (SSSR count). The van der Waals surface area contributed by atoms with Crippen molar-refractivity contribution in [3.63, 3.8) is 0 Å². The molecule has 154 valence electrons. The van der Waals surface area contributed by atoms with E-state index in [1.54, 1.807) is 4.90 Å². The molecule has 2 N–H and O–H groups in total. The predicted octanol–water partition coefficient (Wildman–Crippen LogP) is 1.41. The van der Waals surface area contributed by atoms with Crippen LogP contribution in [-0.2, 0) is 17.9 Å². The van der Waals surface area contributed by atoms with Crippen LogP contribution in [0.1, 0.15) is 36.8 Å². The van der Waals surface area contributed by atoms with Crippen molar-refractivity contribution in [2.75, 3.05) is 40.3 Å². The Balaban J connectivity index is 1.58. The van der Waals surface area contributed by atoms with Crippen LogP contribution in [0.5, 0.6) is 0 Å². The normalized spacial score (nSPS) is 22.8. The second-order valence-corrected chi connectivity index (χ2v) is 8.33. The molecule has 7 nitrogen and oxygen atoms in total. The summed E-state index contributed by atoms with van der Waals surface area (Å²) >= 11 is 0. The number of hydrogen-bond donors (Lipinski definition) is 2. The van der Waals surface area contributed by atoms with Crippen LogP contribution in [0.15, 0.2) is 24.3 Å². The number of urea groups is 1. The van der Waals surface area contributed by atoms with Crippen LogP contribution in [0, 0.1) is 0 Å². The first-order valence-electron chi connectivity index (χ1n) is 10.1. The van der Waals surface area contributed by atoms with Gasteiger partial charge >= 0.3 is 6.03 Å². The predicted molar refractivity (Wildman–Crippen MR) is 108 cm³/mol. The van der Waals surface area contributed by atoms with Crippen molar-refractivity contribution in [1.82, 2.24) is 20.0 Å². The van der Waals surface area contributed by atoms with E-state index in [1.807, 2.05) is 48.2 Å². The number of nitrogens with one attached hydrogen (secondary N) is 1. The molecule has 2 heterocycles. The Bertz CT molecular complexity index is 709. The van der Waals surface area contributed by atoms with Crippen LogP contribution in [-0.4, -0.2) is 77.6 Å². The summed E-state index contributed by atoms with van der Waals surface area (Å²) < 4.78 is 0. The van der Waals surface area contributed by atoms with Gasteiger partial charge in [0.25, 0.3) is 0 Å². The van der Waals surface area contributed by atoms with Crippen LogP contribution in [0.2, 0.25) is 0 Å². The van der Waals surface area contributed by atoms with Gasteiger partial charge in [0.15, 0.2) is 0 Å². The highest BCUT2D eigenvalue weighted by molar-refractivity contribution is 5.78. The number of β-amino-alcohol motifs (C(OH)–C–C–N with tert-alkyl or cyclic N) is 1. The Morgan fingerprint density at radius 2 is 1.96 bits per heavy atom. The number of nitrogens with zero attached hydrogens (tertiary/aromatic N) is 3. The Morgan fingerprint density at radius 1 is 1.21 bits per heavy atom. The maximum absolute atomic E-state index is 12.7. The van der Waals surface area contributed by atoms with Gasteiger partial charge in [-0.1, -0.05) is 24.3 Å². The molecule has 0 saturated carbocycles. The molecule has 0 spiro atoms. The van der Waals surface area contributed by atoms with Crippen molar-refractivity contribution in [2.24, 2.45) is 0 Å². The van der Waals surface area contributed by atoms with Gasteiger partial charge in [0.2, 0.25) is 5.91 Å². The lowest BCUT2D eigenvalue weighted by molar-refractivity contribution is -0.128. The minimum absolute atomic E-state index is 0.149. The summed E-state index contributed by atoms with van der Waals surface area (Å²) in [5.74, 6) is 0.201. The second kappa shape index (κ2) is 8.92. The lowest BCUT2D eigenvalue weighted by Gasteiger charge is -2.40. The molecular formula is C21H32N4O3. The Kier molecular flexibility index (Phi) is 6.57. The zero-order valence-corrected chi connectivity index (χ0v) is 17.0. The van der Waals surface area contributed by atoms with E-state index in [4.69, 9.17) is 0 Å². The minimum Gasteiger partial charge on any atom is -0.387 e. The van der Waals surface area contributed by atoms with Gasteiger partial charge in [0.1, 0.15) is 0 Å². The highest BCUT2D eigenvalue weighted by Gasteiger charge is 2.35. The lowest BCUT2D eigenvalue weighted by Crippen LogP contribution is -2.56. The summed E-state index contributed by atoms with van der Waals surface area (Å²) in [5.41, 5.74) is 1.24. The summed E-state index contributed by atoms with van der Waals surface area (Å²) in [4.78, 5) is 30.1. The molecule has 1 atom stereocenters. The van der Waals surface area contributed by atoms with Gasteiger partial charge < -0.3 is 25.1 Å². The minimum atomic E-state index is -0.854. The fourth-order valence-electron chi connectivity index (χ4n) is 4.25. The molecule has 0 radical (unpaired) electrons. The average Bonchev–Trinajstić information content (AvgIpc) is 3.04. The summed E-state index contributed by atoms with van der Waals surface area (Å²) in [6.07, 6.45) is 3.05. The zero-order valence-electron chi connectivity index (χ0n) is 17.0. The molecule has 2 fully saturated rings. The summed E-state index contributed by atoms with van der Waals surface area (Å²) in [7, 11) is 3.86. The van der Waals surface area contributed by atoms with Crippen LogP contribution >= 0.6 is 0 Å². The smallest absolute Gasteiger partial charge is 0.317 e. The van der Waals surface area contributed by atoms with Crippen molar-refractivity contribution in [2.45, 2.75) is 44.4 Å². The zero-order chi connectivity index (χ0) is 20.1. The van der Waals surface area contributed by atoms with E-state index in [9.17, 15) is 14.7 Å². The monoisotopic (exact) mass is 388 g/mol. The van der Waals surface area contributed by atoms with Crippen LogP contribution in [0.3, 0.4) is 0 Å². The second-order valence-electron chi connectivity index (χ2n) is 8.33. The third-order valence-corrected chi connectivity index (χ3v) is 5.53. The maximum atomic E-state index is 12.7. The number of likely N-dealkylation sites (N-methyl/N-ethyl adjacent to an activating group) is 1. The van der Waals surface area contributed by atoms with Crippen molar-refractivity contribution < 1.29 is 14.7 Å². The van der Waals surface area contributed by atoms with Gasteiger partial charge in [-0.15, -0.1) is 0 Å². The lowest BCUT2D eigenvalue weighted by atomic mass is 9.92. The summed E-state index contributed by atoms with van der Waals surface area (Å²) in [6.45, 7) is 3.37. The van der Waals surface area contributed by atoms with Gasteiger partial charge in [-0.05, 0) is 44.5 Å². The van der Waals surface area contributed by atoms with E-state index < -0.39 is 5.60 Å². The molecule has 0 unspecified atom stereocenters. The van der Waals surface area contributed by atoms with Crippen molar-refractivity contribution in [3.05, 3.63) is 35.4 Å². The molecule has 7 heteroatoms. The van der Waals surface area contributed by atoms with Gasteiger partial charge in [-0.2, -0.15) is 0 Å². The topological polar surface area (TPSA) is 76.1 Å². The molecule has 28 heavy (non-hydrogen) atoms. The van der Waals surface area contributed by atoms with Crippen molar-refractivity contribution in [3.8, 4) is 0 Å². The third kappa shape index (κ3) is 5.23. The highest BCUT2D eigenvalue weighted by Crippen LogP contribution is 2.22. The standard InChI is InChI=1S/C21H32N4O3/c1-23(2)15-21(28)10-6-12-25(16-21)20(27)22-13-17-7-3-4-8-18(17)14-24-11-5-9-19(24)26/h3-4,7-8,28H,5-6,9-16H2,1-2H3,(H,22,27)/t21-/m0/s1. The number of benzene rings is 1. The van der Waals surface area contributed by atoms with Crippen LogP contribution < -0.4 is 5.32 Å². The first-order chi connectivity index (χ1) is 13.4. The number of likely N-dealkylation sites (tertiary alicyclic amines) is 2. The van der Waals surface area contributed by atoms with Crippen molar-refractivity contribution in [1.29, 1.82) is 0 Å². The molecule has 3 amide bonds. The number of rotatable bonds is 6. The third-order valence-electron chi connectivity index (χ3n) is 5.53. The molecule has 2 aliphatic heterocycles. The van der Waals surface area contributed by atoms with E-state index in [2.05, 4.69) is 5.32 Å². The number of aliphatic hydroxyl groups is 1. The van der Waals surface area contributed by atoms with Crippen LogP contribution in [0.25, 0.3) is 0 Å². The fraction of sp³-hybridized carbons (Fsp3) is 0.619. The van der Waals surface area contributed by atoms with Gasteiger partial charge in [0, 0.05) is 39.1 Å². The maximum Gasteiger partial charge on any atom is 0.317 e. The number of piperidine rings is 1. The summed E-state index contributed by atoms with van der Waals surface area (Å²) in [6, 6.07) is 7.78. The largest absolute Gasteiger partial charge is 0.387 e. The van der Waals surface area contributed by atoms with Gasteiger partial charge in [-0.3, -0.25) is 4.79 Å². The summed E-state index contributed by atoms with van der Waals surface area (Å²) in [5, 5.41) is 13.8. The molecule has 1 aromatic carbocycles. The SMILES string of the molecule is CN(C)C[C@@]1(O)CCCN(C(=O)NCc2ccccc2CN2CCCC2=O)C1. The number of carbonyl (C=O) groups excluding carboxylic acids is 2. The Hall–Kier alpha value is -2.12. The molecule has 1 aromatic rings. The van der Waals surface area contributed by atoms with Gasteiger partial charge in [-0.25, -0.2) is 4.79 Å². The Labute approximate surface area is 167 Å². The van der Waals surface area contributed by atoms with Gasteiger partial charge in [0.05, 0.1) is 12.1 Å². The average molecular weight is 389 g/mol. The van der Waals surface area contributed by atoms with E-state index >= 15 is 0 Å². The number of amides is 3. The number of hydrogen-bond acceptors (Lipinski definition) is 4. The molecular weight excluding hydrogens is 356 g/mol. The molecule has 2 aliphatic rings. The van der Waals surface area contributed by atoms with E-state index in [-0.39, 0.29) is 11.9 Å².